The second-order valence-corrected chi connectivity index (χ2v) is 6.77. The maximum atomic E-state index is 12.8. The molecule has 0 spiro atoms. The van der Waals surface area contributed by atoms with E-state index in [1.807, 2.05) is 41.3 Å². The van der Waals surface area contributed by atoms with Gasteiger partial charge in [-0.25, -0.2) is 0 Å². The number of carbonyl (C=O) groups excluding carboxylic acids is 1. The standard InChI is InChI=1S/C19H21NO/c1-19(2,3)17-15-11-7-8-12-16(15)18(21)20(17)13-14-9-5-4-6-10-14/h4-12,17H,13H2,1-3H3. The Morgan fingerprint density at radius 2 is 1.57 bits per heavy atom. The SMILES string of the molecule is CC(C)(C)C1c2ccccc2C(=O)N1Cc1ccccc1. The predicted octanol–water partition coefficient (Wildman–Crippen LogP) is 4.43. The molecule has 1 unspecified atom stereocenters. The van der Waals surface area contributed by atoms with Gasteiger partial charge in [0.1, 0.15) is 0 Å². The van der Waals surface area contributed by atoms with Gasteiger partial charge in [0.2, 0.25) is 0 Å². The van der Waals surface area contributed by atoms with Crippen LogP contribution in [0.1, 0.15) is 48.3 Å². The summed E-state index contributed by atoms with van der Waals surface area (Å²) in [5, 5.41) is 0. The van der Waals surface area contributed by atoms with Crippen LogP contribution < -0.4 is 0 Å². The lowest BCUT2D eigenvalue weighted by molar-refractivity contribution is 0.0567. The van der Waals surface area contributed by atoms with Crippen molar-refractivity contribution in [3.8, 4) is 0 Å². The van der Waals surface area contributed by atoms with Gasteiger partial charge in [-0.2, -0.15) is 0 Å². The maximum Gasteiger partial charge on any atom is 0.255 e. The molecule has 2 nitrogen and oxygen atoms in total. The average Bonchev–Trinajstić information content (AvgIpc) is 2.73. The van der Waals surface area contributed by atoms with Crippen LogP contribution in [0.4, 0.5) is 0 Å². The molecule has 0 radical (unpaired) electrons. The number of amides is 1. The van der Waals surface area contributed by atoms with E-state index in [-0.39, 0.29) is 17.4 Å². The van der Waals surface area contributed by atoms with E-state index in [4.69, 9.17) is 0 Å². The third-order valence-corrected chi connectivity index (χ3v) is 4.07. The lowest BCUT2D eigenvalue weighted by Gasteiger charge is -2.35. The zero-order chi connectivity index (χ0) is 15.0. The fraction of sp³-hybridized carbons (Fsp3) is 0.316. The zero-order valence-corrected chi connectivity index (χ0v) is 12.8. The van der Waals surface area contributed by atoms with E-state index in [2.05, 4.69) is 39.0 Å². The topological polar surface area (TPSA) is 20.3 Å². The molecule has 0 aromatic heterocycles. The van der Waals surface area contributed by atoms with Gasteiger partial charge in [0.25, 0.3) is 5.91 Å². The molecule has 2 aromatic carbocycles. The highest BCUT2D eigenvalue weighted by Crippen LogP contribution is 2.45. The lowest BCUT2D eigenvalue weighted by Crippen LogP contribution is -2.34. The molecular formula is C19H21NO. The van der Waals surface area contributed by atoms with Gasteiger partial charge in [-0.15, -0.1) is 0 Å². The number of carbonyl (C=O) groups is 1. The Labute approximate surface area is 126 Å². The van der Waals surface area contributed by atoms with Crippen molar-refractivity contribution in [3.05, 3.63) is 71.3 Å². The van der Waals surface area contributed by atoms with E-state index in [1.165, 1.54) is 5.56 Å². The third kappa shape index (κ3) is 2.46. The Bertz CT molecular complexity index is 655. The molecule has 1 atom stereocenters. The number of nitrogens with zero attached hydrogens (tertiary/aromatic N) is 1. The molecule has 0 fully saturated rings. The summed E-state index contributed by atoms with van der Waals surface area (Å²) in [6.45, 7) is 7.26. The summed E-state index contributed by atoms with van der Waals surface area (Å²) in [5.41, 5.74) is 3.20. The van der Waals surface area contributed by atoms with Gasteiger partial charge in [0, 0.05) is 12.1 Å². The largest absolute Gasteiger partial charge is 0.327 e. The first kappa shape index (κ1) is 13.9. The summed E-state index contributed by atoms with van der Waals surface area (Å²) in [5.74, 6) is 0.148. The average molecular weight is 279 g/mol. The fourth-order valence-corrected chi connectivity index (χ4v) is 3.25. The Kier molecular flexibility index (Phi) is 3.32. The van der Waals surface area contributed by atoms with E-state index in [9.17, 15) is 4.79 Å². The van der Waals surface area contributed by atoms with Gasteiger partial charge in [-0.05, 0) is 22.6 Å². The number of hydrogen-bond donors (Lipinski definition) is 0. The normalized spacial score (nSPS) is 18.0. The van der Waals surface area contributed by atoms with Crippen LogP contribution in [-0.2, 0) is 6.54 Å². The molecule has 0 N–H and O–H groups in total. The molecule has 1 amide bonds. The molecule has 0 saturated heterocycles. The van der Waals surface area contributed by atoms with Crippen molar-refractivity contribution in [2.24, 2.45) is 5.41 Å². The first-order chi connectivity index (χ1) is 9.98. The molecule has 108 valence electrons. The van der Waals surface area contributed by atoms with Crippen LogP contribution in [0.2, 0.25) is 0 Å². The van der Waals surface area contributed by atoms with Gasteiger partial charge in [0.05, 0.1) is 6.04 Å². The summed E-state index contributed by atoms with van der Waals surface area (Å²) < 4.78 is 0. The first-order valence-electron chi connectivity index (χ1n) is 7.42. The van der Waals surface area contributed by atoms with Crippen LogP contribution in [0, 0.1) is 5.41 Å². The van der Waals surface area contributed by atoms with E-state index in [1.54, 1.807) is 0 Å². The molecule has 21 heavy (non-hydrogen) atoms. The fourth-order valence-electron chi connectivity index (χ4n) is 3.25. The summed E-state index contributed by atoms with van der Waals surface area (Å²) >= 11 is 0. The van der Waals surface area contributed by atoms with Crippen molar-refractivity contribution >= 4 is 5.91 Å². The van der Waals surface area contributed by atoms with Crippen molar-refractivity contribution in [1.82, 2.24) is 4.90 Å². The minimum absolute atomic E-state index is 0.0110. The number of benzene rings is 2. The molecule has 1 aliphatic heterocycles. The minimum Gasteiger partial charge on any atom is -0.327 e. The highest BCUT2D eigenvalue weighted by atomic mass is 16.2. The first-order valence-corrected chi connectivity index (χ1v) is 7.42. The van der Waals surface area contributed by atoms with Crippen molar-refractivity contribution in [3.63, 3.8) is 0 Å². The van der Waals surface area contributed by atoms with Crippen LogP contribution in [0.5, 0.6) is 0 Å². The van der Waals surface area contributed by atoms with E-state index < -0.39 is 0 Å². The highest BCUT2D eigenvalue weighted by Gasteiger charge is 2.42. The van der Waals surface area contributed by atoms with Crippen LogP contribution in [0.15, 0.2) is 54.6 Å². The van der Waals surface area contributed by atoms with E-state index >= 15 is 0 Å². The second kappa shape index (κ2) is 5.03. The summed E-state index contributed by atoms with van der Waals surface area (Å²) in [6.07, 6.45) is 0. The molecule has 2 heteroatoms. The van der Waals surface area contributed by atoms with Crippen LogP contribution in [0.3, 0.4) is 0 Å². The Morgan fingerprint density at radius 3 is 2.24 bits per heavy atom. The van der Waals surface area contributed by atoms with Gasteiger partial charge >= 0.3 is 0 Å². The van der Waals surface area contributed by atoms with Crippen molar-refractivity contribution < 1.29 is 4.79 Å². The molecule has 2 aromatic rings. The summed E-state index contributed by atoms with van der Waals surface area (Å²) in [4.78, 5) is 14.8. The molecule has 1 heterocycles. The molecule has 3 rings (SSSR count). The van der Waals surface area contributed by atoms with E-state index in [0.29, 0.717) is 6.54 Å². The number of hydrogen-bond acceptors (Lipinski definition) is 1. The number of fused-ring (bicyclic) bond motifs is 1. The molecular weight excluding hydrogens is 258 g/mol. The number of rotatable bonds is 2. The van der Waals surface area contributed by atoms with Gasteiger partial charge in [0.15, 0.2) is 0 Å². The Hall–Kier alpha value is -2.09. The smallest absolute Gasteiger partial charge is 0.255 e. The van der Waals surface area contributed by atoms with Crippen LogP contribution >= 0.6 is 0 Å². The van der Waals surface area contributed by atoms with Gasteiger partial charge in [-0.3, -0.25) is 4.79 Å². The van der Waals surface area contributed by atoms with Crippen molar-refractivity contribution in [1.29, 1.82) is 0 Å². The Balaban J connectivity index is 2.02. The molecule has 0 aliphatic carbocycles. The van der Waals surface area contributed by atoms with E-state index in [0.717, 1.165) is 11.1 Å². The Morgan fingerprint density at radius 1 is 0.952 bits per heavy atom. The second-order valence-electron chi connectivity index (χ2n) is 6.77. The van der Waals surface area contributed by atoms with Crippen molar-refractivity contribution in [2.45, 2.75) is 33.4 Å². The van der Waals surface area contributed by atoms with Gasteiger partial charge < -0.3 is 4.90 Å². The zero-order valence-electron chi connectivity index (χ0n) is 12.8. The molecule has 0 bridgehead atoms. The van der Waals surface area contributed by atoms with Gasteiger partial charge in [-0.1, -0.05) is 69.3 Å². The molecule has 1 aliphatic rings. The minimum atomic E-state index is 0.0110. The third-order valence-electron chi connectivity index (χ3n) is 4.07. The maximum absolute atomic E-state index is 12.8. The monoisotopic (exact) mass is 279 g/mol. The highest BCUT2D eigenvalue weighted by molar-refractivity contribution is 5.99. The quantitative estimate of drug-likeness (QED) is 0.796. The van der Waals surface area contributed by atoms with Crippen molar-refractivity contribution in [2.75, 3.05) is 0 Å². The predicted molar refractivity (Wildman–Crippen MR) is 85.0 cm³/mol. The summed E-state index contributed by atoms with van der Waals surface area (Å²) in [7, 11) is 0. The molecule has 0 saturated carbocycles. The lowest BCUT2D eigenvalue weighted by atomic mass is 9.82. The summed E-state index contributed by atoms with van der Waals surface area (Å²) in [6, 6.07) is 18.3. The van der Waals surface area contributed by atoms with Crippen LogP contribution in [0.25, 0.3) is 0 Å². The van der Waals surface area contributed by atoms with Crippen LogP contribution in [-0.4, -0.2) is 10.8 Å².